The van der Waals surface area contributed by atoms with E-state index in [4.69, 9.17) is 0 Å². The van der Waals surface area contributed by atoms with Gasteiger partial charge in [-0.05, 0) is 73.4 Å². The summed E-state index contributed by atoms with van der Waals surface area (Å²) in [6, 6.07) is 8.09. The van der Waals surface area contributed by atoms with Crippen molar-refractivity contribution in [3.63, 3.8) is 0 Å². The van der Waals surface area contributed by atoms with E-state index in [1.165, 1.54) is 19.3 Å². The molecule has 1 saturated heterocycles. The highest BCUT2D eigenvalue weighted by Crippen LogP contribution is 2.38. The average molecular weight is 370 g/mol. The molecule has 2 N–H and O–H groups in total. The van der Waals surface area contributed by atoms with E-state index >= 15 is 0 Å². The Hall–Kier alpha value is -0.620. The van der Waals surface area contributed by atoms with Crippen molar-refractivity contribution in [2.24, 2.45) is 0 Å². The molecule has 102 valence electrons. The highest BCUT2D eigenvalue weighted by molar-refractivity contribution is 14.1. The predicted octanol–water partition coefficient (Wildman–Crippen LogP) is 2.70. The molecule has 3 nitrogen and oxygen atoms in total. The van der Waals surface area contributed by atoms with Gasteiger partial charge in [-0.2, -0.15) is 0 Å². The fraction of sp³-hybridized carbons (Fsp3) is 0.533. The van der Waals surface area contributed by atoms with Crippen molar-refractivity contribution in [1.82, 2.24) is 10.6 Å². The Morgan fingerprint density at radius 2 is 2.16 bits per heavy atom. The van der Waals surface area contributed by atoms with Gasteiger partial charge in [0.15, 0.2) is 0 Å². The van der Waals surface area contributed by atoms with Crippen LogP contribution in [0.1, 0.15) is 42.5 Å². The number of rotatable bonds is 2. The van der Waals surface area contributed by atoms with E-state index in [2.05, 4.69) is 33.2 Å². The van der Waals surface area contributed by atoms with Crippen molar-refractivity contribution in [3.05, 3.63) is 33.4 Å². The maximum atomic E-state index is 12.3. The largest absolute Gasteiger partial charge is 0.349 e. The summed E-state index contributed by atoms with van der Waals surface area (Å²) < 4.78 is 1.02. The quantitative estimate of drug-likeness (QED) is 0.787. The predicted molar refractivity (Wildman–Crippen MR) is 84.2 cm³/mol. The Kier molecular flexibility index (Phi) is 3.80. The van der Waals surface area contributed by atoms with E-state index < -0.39 is 0 Å². The van der Waals surface area contributed by atoms with Crippen LogP contribution < -0.4 is 10.6 Å². The summed E-state index contributed by atoms with van der Waals surface area (Å²) in [6.45, 7) is 1.02. The van der Waals surface area contributed by atoms with Gasteiger partial charge in [0.1, 0.15) is 0 Å². The number of benzene rings is 1. The van der Waals surface area contributed by atoms with Crippen molar-refractivity contribution in [3.8, 4) is 0 Å². The standard InChI is InChI=1S/C15H19IN2O/c16-13-5-2-1-4-12(13)14(19)18-11-6-9-17-15(10-11)7-3-8-15/h1-2,4-5,11,17H,3,6-10H2,(H,18,19). The van der Waals surface area contributed by atoms with Crippen molar-refractivity contribution < 1.29 is 4.79 Å². The minimum Gasteiger partial charge on any atom is -0.349 e. The molecular formula is C15H19IN2O. The Bertz CT molecular complexity index is 485. The summed E-state index contributed by atoms with van der Waals surface area (Å²) >= 11 is 2.22. The Morgan fingerprint density at radius 1 is 1.37 bits per heavy atom. The molecule has 2 aliphatic rings. The first-order valence-electron chi connectivity index (χ1n) is 6.99. The minimum atomic E-state index is 0.0753. The van der Waals surface area contributed by atoms with E-state index in [0.717, 1.165) is 28.5 Å². The molecule has 1 unspecified atom stereocenters. The van der Waals surface area contributed by atoms with Crippen LogP contribution >= 0.6 is 22.6 Å². The zero-order valence-corrected chi connectivity index (χ0v) is 13.1. The molecule has 1 aromatic carbocycles. The second-order valence-corrected chi connectivity index (χ2v) is 6.87. The molecule has 1 atom stereocenters. The third kappa shape index (κ3) is 2.79. The van der Waals surface area contributed by atoms with Gasteiger partial charge in [-0.1, -0.05) is 12.1 Å². The molecule has 3 rings (SSSR count). The maximum Gasteiger partial charge on any atom is 0.252 e. The summed E-state index contributed by atoms with van der Waals surface area (Å²) in [5.41, 5.74) is 1.13. The van der Waals surface area contributed by atoms with Crippen LogP contribution in [-0.4, -0.2) is 24.0 Å². The van der Waals surface area contributed by atoms with Crippen molar-refractivity contribution in [2.45, 2.75) is 43.7 Å². The molecule has 19 heavy (non-hydrogen) atoms. The zero-order valence-electron chi connectivity index (χ0n) is 10.9. The van der Waals surface area contributed by atoms with Crippen molar-refractivity contribution in [2.75, 3.05) is 6.54 Å². The van der Waals surface area contributed by atoms with E-state index in [1.54, 1.807) is 0 Å². The number of hydrogen-bond acceptors (Lipinski definition) is 2. The molecule has 1 aromatic rings. The molecule has 1 aliphatic heterocycles. The number of hydrogen-bond donors (Lipinski definition) is 2. The van der Waals surface area contributed by atoms with E-state index in [1.807, 2.05) is 24.3 Å². The lowest BCUT2D eigenvalue weighted by molar-refractivity contribution is 0.0852. The Balaban J connectivity index is 1.65. The average Bonchev–Trinajstić information content (AvgIpc) is 2.37. The number of halogens is 1. The topological polar surface area (TPSA) is 41.1 Å². The molecule has 1 saturated carbocycles. The van der Waals surface area contributed by atoms with Gasteiger partial charge < -0.3 is 10.6 Å². The smallest absolute Gasteiger partial charge is 0.252 e. The van der Waals surface area contributed by atoms with Gasteiger partial charge in [0.05, 0.1) is 5.56 Å². The van der Waals surface area contributed by atoms with Crippen molar-refractivity contribution in [1.29, 1.82) is 0 Å². The van der Waals surface area contributed by atoms with Crippen molar-refractivity contribution >= 4 is 28.5 Å². The zero-order chi connectivity index (χ0) is 13.3. The van der Waals surface area contributed by atoms with Crippen LogP contribution in [0.5, 0.6) is 0 Å². The first-order valence-corrected chi connectivity index (χ1v) is 8.07. The summed E-state index contributed by atoms with van der Waals surface area (Å²) in [5.74, 6) is 0.0753. The van der Waals surface area contributed by atoms with Crippen LogP contribution in [-0.2, 0) is 0 Å². The number of piperidine rings is 1. The Morgan fingerprint density at radius 3 is 2.84 bits per heavy atom. The minimum absolute atomic E-state index is 0.0753. The first-order chi connectivity index (χ1) is 9.19. The first kappa shape index (κ1) is 13.4. The van der Waals surface area contributed by atoms with Gasteiger partial charge in [0.25, 0.3) is 5.91 Å². The van der Waals surface area contributed by atoms with E-state index in [9.17, 15) is 4.79 Å². The lowest BCUT2D eigenvalue weighted by atomic mass is 9.70. The summed E-state index contributed by atoms with van der Waals surface area (Å²) in [4.78, 5) is 12.3. The number of carbonyl (C=O) groups excluding carboxylic acids is 1. The molecule has 2 fully saturated rings. The molecule has 1 amide bonds. The van der Waals surface area contributed by atoms with Gasteiger partial charge in [-0.15, -0.1) is 0 Å². The monoisotopic (exact) mass is 370 g/mol. The van der Waals surface area contributed by atoms with Gasteiger partial charge in [0.2, 0.25) is 0 Å². The number of carbonyl (C=O) groups is 1. The van der Waals surface area contributed by atoms with Gasteiger partial charge in [0, 0.05) is 15.2 Å². The molecule has 4 heteroatoms. The maximum absolute atomic E-state index is 12.3. The highest BCUT2D eigenvalue weighted by Gasteiger charge is 2.41. The molecule has 1 aliphatic carbocycles. The van der Waals surface area contributed by atoms with E-state index in [-0.39, 0.29) is 5.91 Å². The normalized spacial score (nSPS) is 24.8. The summed E-state index contributed by atoms with van der Waals surface area (Å²) in [7, 11) is 0. The molecular weight excluding hydrogens is 351 g/mol. The second kappa shape index (κ2) is 5.40. The molecule has 1 spiro atoms. The van der Waals surface area contributed by atoms with Crippen LogP contribution in [0.25, 0.3) is 0 Å². The summed E-state index contributed by atoms with van der Waals surface area (Å²) in [6.07, 6.45) is 5.98. The van der Waals surface area contributed by atoms with Crippen LogP contribution in [0.3, 0.4) is 0 Å². The third-order valence-corrected chi connectivity index (χ3v) is 5.33. The van der Waals surface area contributed by atoms with Gasteiger partial charge in [-0.25, -0.2) is 0 Å². The molecule has 1 heterocycles. The second-order valence-electron chi connectivity index (χ2n) is 5.70. The number of nitrogens with one attached hydrogen (secondary N) is 2. The lowest BCUT2D eigenvalue weighted by Crippen LogP contribution is -2.59. The molecule has 0 bridgehead atoms. The summed E-state index contributed by atoms with van der Waals surface area (Å²) in [5, 5.41) is 6.85. The van der Waals surface area contributed by atoms with E-state index in [0.29, 0.717) is 11.6 Å². The Labute approximate surface area is 127 Å². The fourth-order valence-electron chi connectivity index (χ4n) is 3.17. The third-order valence-electron chi connectivity index (χ3n) is 4.39. The van der Waals surface area contributed by atoms with Crippen LogP contribution in [0, 0.1) is 3.57 Å². The SMILES string of the molecule is O=C(NC1CCNC2(CCC2)C1)c1ccccc1I. The number of amides is 1. The van der Waals surface area contributed by atoms with Gasteiger partial charge in [-0.3, -0.25) is 4.79 Å². The lowest BCUT2D eigenvalue weighted by Gasteiger charge is -2.48. The van der Waals surface area contributed by atoms with Crippen LogP contribution in [0.15, 0.2) is 24.3 Å². The van der Waals surface area contributed by atoms with Gasteiger partial charge >= 0.3 is 0 Å². The van der Waals surface area contributed by atoms with Crippen LogP contribution in [0.2, 0.25) is 0 Å². The molecule has 0 radical (unpaired) electrons. The van der Waals surface area contributed by atoms with Crippen LogP contribution in [0.4, 0.5) is 0 Å². The molecule has 0 aromatic heterocycles. The fourth-order valence-corrected chi connectivity index (χ4v) is 3.81. The highest BCUT2D eigenvalue weighted by atomic mass is 127.